The summed E-state index contributed by atoms with van der Waals surface area (Å²) in [6, 6.07) is 0. The van der Waals surface area contributed by atoms with Crippen molar-refractivity contribution in [1.82, 2.24) is 5.32 Å². The van der Waals surface area contributed by atoms with Crippen molar-refractivity contribution in [3.63, 3.8) is 0 Å². The van der Waals surface area contributed by atoms with Gasteiger partial charge in [-0.15, -0.1) is 0 Å². The zero-order valence-electron chi connectivity index (χ0n) is 5.26. The van der Waals surface area contributed by atoms with Gasteiger partial charge in [0.15, 0.2) is 0 Å². The van der Waals surface area contributed by atoms with Crippen LogP contribution in [0.4, 0.5) is 0 Å². The smallest absolute Gasteiger partial charge is 0.228 e. The molecule has 0 aliphatic carbocycles. The van der Waals surface area contributed by atoms with Crippen molar-refractivity contribution < 1.29 is 4.79 Å². The van der Waals surface area contributed by atoms with Gasteiger partial charge in [0.05, 0.1) is 0 Å². The average Bonchev–Trinajstić information content (AvgIpc) is 1.81. The van der Waals surface area contributed by atoms with Crippen LogP contribution in [0.15, 0.2) is 0 Å². The Hall–Kier alpha value is -0.530. The fraction of sp³-hybridized carbons (Fsp3) is 0.833. The number of carbonyl (C=O) groups excluding carboxylic acids is 1. The van der Waals surface area contributed by atoms with Crippen molar-refractivity contribution in [2.75, 3.05) is 6.54 Å². The fourth-order valence-electron chi connectivity index (χ4n) is 0.506. The molecule has 0 aromatic heterocycles. The molecule has 0 spiro atoms. The number of nitrogens with zero attached hydrogens (tertiary/aromatic N) is 1. The van der Waals surface area contributed by atoms with Crippen LogP contribution in [0.5, 0.6) is 0 Å². The molecule has 2 heteroatoms. The van der Waals surface area contributed by atoms with Gasteiger partial charge in [-0.1, -0.05) is 19.8 Å². The first-order valence-electron chi connectivity index (χ1n) is 3.02. The Morgan fingerprint density at radius 2 is 2.25 bits per heavy atom. The lowest BCUT2D eigenvalue weighted by molar-refractivity contribution is -0.109. The van der Waals surface area contributed by atoms with Crippen molar-refractivity contribution in [2.24, 2.45) is 0 Å². The Bertz CT molecular complexity index is 54.5. The van der Waals surface area contributed by atoms with E-state index in [1.165, 1.54) is 12.8 Å². The first-order valence-corrected chi connectivity index (χ1v) is 3.02. The predicted molar refractivity (Wildman–Crippen MR) is 32.6 cm³/mol. The van der Waals surface area contributed by atoms with Gasteiger partial charge >= 0.3 is 0 Å². The van der Waals surface area contributed by atoms with Crippen LogP contribution in [0, 0.1) is 0 Å². The standard InChI is InChI=1S/C6H12NO/c1-2-3-4-5-7-6-8/h6H,2-5H2,1H3. The number of carbonyl (C=O) groups is 1. The number of unbranched alkanes of at least 4 members (excludes halogenated alkanes) is 2. The van der Waals surface area contributed by atoms with E-state index in [9.17, 15) is 4.79 Å². The summed E-state index contributed by atoms with van der Waals surface area (Å²) in [4.78, 5) is 9.60. The Morgan fingerprint density at radius 1 is 1.50 bits per heavy atom. The summed E-state index contributed by atoms with van der Waals surface area (Å²) in [6.07, 6.45) is 4.04. The highest BCUT2D eigenvalue weighted by Crippen LogP contribution is 1.90. The number of amides is 1. The lowest BCUT2D eigenvalue weighted by Crippen LogP contribution is -2.02. The number of hydrogen-bond acceptors (Lipinski definition) is 1. The summed E-state index contributed by atoms with van der Waals surface area (Å²) in [5.41, 5.74) is 0. The second kappa shape index (κ2) is 6.47. The van der Waals surface area contributed by atoms with Crippen LogP contribution < -0.4 is 5.32 Å². The third-order valence-electron chi connectivity index (χ3n) is 0.965. The van der Waals surface area contributed by atoms with Crippen LogP contribution in [-0.2, 0) is 4.79 Å². The highest BCUT2D eigenvalue weighted by molar-refractivity contribution is 5.45. The second-order valence-corrected chi connectivity index (χ2v) is 1.72. The molecular weight excluding hydrogens is 102 g/mol. The lowest BCUT2D eigenvalue weighted by Gasteiger charge is -1.91. The van der Waals surface area contributed by atoms with Gasteiger partial charge < -0.3 is 0 Å². The van der Waals surface area contributed by atoms with E-state index in [0.29, 0.717) is 13.0 Å². The summed E-state index contributed by atoms with van der Waals surface area (Å²) in [5, 5.41) is 3.53. The largest absolute Gasteiger partial charge is 0.277 e. The molecule has 0 saturated heterocycles. The maximum Gasteiger partial charge on any atom is 0.228 e. The van der Waals surface area contributed by atoms with Crippen molar-refractivity contribution in [1.29, 1.82) is 0 Å². The minimum atomic E-state index is 0.621. The molecule has 0 N–H and O–H groups in total. The summed E-state index contributed by atoms with van der Waals surface area (Å²) in [6.45, 7) is 2.83. The Labute approximate surface area is 50.3 Å². The van der Waals surface area contributed by atoms with Crippen molar-refractivity contribution in [2.45, 2.75) is 26.2 Å². The van der Waals surface area contributed by atoms with E-state index in [1.807, 2.05) is 0 Å². The molecule has 1 amide bonds. The highest BCUT2D eigenvalue weighted by atomic mass is 16.1. The molecule has 0 aromatic carbocycles. The summed E-state index contributed by atoms with van der Waals surface area (Å²) < 4.78 is 0. The molecule has 0 aliphatic rings. The van der Waals surface area contributed by atoms with Crippen molar-refractivity contribution in [3.05, 3.63) is 0 Å². The van der Waals surface area contributed by atoms with E-state index >= 15 is 0 Å². The van der Waals surface area contributed by atoms with Crippen LogP contribution in [0.25, 0.3) is 0 Å². The SMILES string of the molecule is CCCCC[N]C=O. The van der Waals surface area contributed by atoms with Crippen molar-refractivity contribution in [3.8, 4) is 0 Å². The van der Waals surface area contributed by atoms with Gasteiger partial charge in [-0.05, 0) is 6.42 Å². The third-order valence-corrected chi connectivity index (χ3v) is 0.965. The normalized spacial score (nSPS) is 8.62. The number of hydrogen-bond donors (Lipinski definition) is 0. The molecule has 8 heavy (non-hydrogen) atoms. The first-order chi connectivity index (χ1) is 3.91. The first kappa shape index (κ1) is 7.47. The molecule has 0 heterocycles. The van der Waals surface area contributed by atoms with Gasteiger partial charge in [0.1, 0.15) is 0 Å². The molecule has 0 saturated carbocycles. The van der Waals surface area contributed by atoms with E-state index in [2.05, 4.69) is 12.2 Å². The third kappa shape index (κ3) is 5.47. The molecule has 0 bridgehead atoms. The molecule has 0 fully saturated rings. The van der Waals surface area contributed by atoms with Crippen LogP contribution in [0.1, 0.15) is 26.2 Å². The highest BCUT2D eigenvalue weighted by Gasteiger charge is 1.83. The molecule has 0 atom stereocenters. The van der Waals surface area contributed by atoms with Gasteiger partial charge in [0.25, 0.3) is 0 Å². The monoisotopic (exact) mass is 114 g/mol. The second-order valence-electron chi connectivity index (χ2n) is 1.72. The molecule has 0 rings (SSSR count). The minimum Gasteiger partial charge on any atom is -0.277 e. The van der Waals surface area contributed by atoms with Crippen LogP contribution in [-0.4, -0.2) is 13.0 Å². The summed E-state index contributed by atoms with van der Waals surface area (Å²) in [5.74, 6) is 0. The van der Waals surface area contributed by atoms with E-state index in [1.54, 1.807) is 0 Å². The Kier molecular flexibility index (Phi) is 6.04. The quantitative estimate of drug-likeness (QED) is 0.386. The maximum atomic E-state index is 9.60. The topological polar surface area (TPSA) is 31.2 Å². The van der Waals surface area contributed by atoms with E-state index in [-0.39, 0.29) is 0 Å². The fourth-order valence-corrected chi connectivity index (χ4v) is 0.506. The van der Waals surface area contributed by atoms with Gasteiger partial charge in [-0.2, -0.15) is 0 Å². The van der Waals surface area contributed by atoms with E-state index in [4.69, 9.17) is 0 Å². The predicted octanol–water partition coefficient (Wildman–Crippen LogP) is 0.937. The van der Waals surface area contributed by atoms with Gasteiger partial charge in [-0.25, -0.2) is 0 Å². The molecule has 0 aliphatic heterocycles. The van der Waals surface area contributed by atoms with E-state index in [0.717, 1.165) is 6.42 Å². The Morgan fingerprint density at radius 3 is 2.75 bits per heavy atom. The lowest BCUT2D eigenvalue weighted by atomic mass is 10.2. The average molecular weight is 114 g/mol. The van der Waals surface area contributed by atoms with E-state index < -0.39 is 0 Å². The Balaban J connectivity index is 2.62. The van der Waals surface area contributed by atoms with Crippen LogP contribution >= 0.6 is 0 Å². The molecule has 0 aromatic rings. The van der Waals surface area contributed by atoms with Crippen molar-refractivity contribution >= 4 is 6.41 Å². The molecule has 2 nitrogen and oxygen atoms in total. The molecule has 47 valence electrons. The molecule has 0 unspecified atom stereocenters. The molecule has 1 radical (unpaired) electrons. The van der Waals surface area contributed by atoms with Crippen LogP contribution in [0.3, 0.4) is 0 Å². The maximum absolute atomic E-state index is 9.60. The number of rotatable bonds is 5. The molecular formula is C6H12NO. The summed E-state index contributed by atoms with van der Waals surface area (Å²) >= 11 is 0. The minimum absolute atomic E-state index is 0.621. The van der Waals surface area contributed by atoms with Gasteiger partial charge in [-0.3, -0.25) is 10.1 Å². The zero-order valence-corrected chi connectivity index (χ0v) is 5.26. The van der Waals surface area contributed by atoms with Gasteiger partial charge in [0.2, 0.25) is 6.41 Å². The zero-order chi connectivity index (χ0) is 6.24. The van der Waals surface area contributed by atoms with Gasteiger partial charge in [0, 0.05) is 6.54 Å². The summed E-state index contributed by atoms with van der Waals surface area (Å²) in [7, 11) is 0. The van der Waals surface area contributed by atoms with Crippen LogP contribution in [0.2, 0.25) is 0 Å².